The molecule has 2 aromatic rings. The van der Waals surface area contributed by atoms with E-state index < -0.39 is 0 Å². The van der Waals surface area contributed by atoms with Crippen molar-refractivity contribution in [2.24, 2.45) is 0 Å². The standard InChI is InChI=1S/C20H21ClN2O5/c21-15-11-18-17(27-7-8-28-18)9-13(15)10-19(24)22-14-3-1-5-23(12-14)20(25)16-4-2-6-26-16/h2,4,6,9,11,14H,1,3,5,7-8,10,12H2,(H,22,24). The summed E-state index contributed by atoms with van der Waals surface area (Å²) in [5.41, 5.74) is 0.683. The number of hydrogen-bond acceptors (Lipinski definition) is 5. The van der Waals surface area contributed by atoms with Crippen molar-refractivity contribution in [3.8, 4) is 11.5 Å². The van der Waals surface area contributed by atoms with Crippen molar-refractivity contribution in [3.05, 3.63) is 46.9 Å². The van der Waals surface area contributed by atoms with Crippen LogP contribution in [0.3, 0.4) is 0 Å². The Bertz CT molecular complexity index is 868. The highest BCUT2D eigenvalue weighted by molar-refractivity contribution is 6.31. The summed E-state index contributed by atoms with van der Waals surface area (Å²) in [6.45, 7) is 2.07. The first-order valence-electron chi connectivity index (χ1n) is 9.30. The van der Waals surface area contributed by atoms with Crippen LogP contribution in [0.2, 0.25) is 5.02 Å². The summed E-state index contributed by atoms with van der Waals surface area (Å²) in [5.74, 6) is 1.22. The minimum atomic E-state index is -0.154. The topological polar surface area (TPSA) is 81.0 Å². The molecule has 1 aromatic carbocycles. The molecule has 0 saturated carbocycles. The van der Waals surface area contributed by atoms with Crippen LogP contribution in [0.1, 0.15) is 29.0 Å². The first kappa shape index (κ1) is 18.7. The third-order valence-electron chi connectivity index (χ3n) is 4.87. The average Bonchev–Trinajstić information content (AvgIpc) is 3.23. The van der Waals surface area contributed by atoms with Gasteiger partial charge in [-0.3, -0.25) is 9.59 Å². The van der Waals surface area contributed by atoms with Crippen molar-refractivity contribution in [1.29, 1.82) is 0 Å². The second kappa shape index (κ2) is 8.14. The van der Waals surface area contributed by atoms with Crippen molar-refractivity contribution in [2.75, 3.05) is 26.3 Å². The highest BCUT2D eigenvalue weighted by Crippen LogP contribution is 2.35. The molecule has 0 bridgehead atoms. The highest BCUT2D eigenvalue weighted by atomic mass is 35.5. The Morgan fingerprint density at radius 1 is 1.21 bits per heavy atom. The van der Waals surface area contributed by atoms with E-state index in [0.717, 1.165) is 12.8 Å². The number of likely N-dealkylation sites (tertiary alicyclic amines) is 1. The number of halogens is 1. The smallest absolute Gasteiger partial charge is 0.289 e. The molecule has 2 aliphatic heterocycles. The Kier molecular flexibility index (Phi) is 5.43. The van der Waals surface area contributed by atoms with Gasteiger partial charge >= 0.3 is 0 Å². The van der Waals surface area contributed by atoms with Gasteiger partial charge in [0.1, 0.15) is 13.2 Å². The Hall–Kier alpha value is -2.67. The molecule has 1 unspecified atom stereocenters. The number of ether oxygens (including phenoxy) is 2. The first-order chi connectivity index (χ1) is 13.6. The summed E-state index contributed by atoms with van der Waals surface area (Å²) in [6.07, 6.45) is 3.26. The third-order valence-corrected chi connectivity index (χ3v) is 5.22. The second-order valence-corrected chi connectivity index (χ2v) is 7.31. The predicted molar refractivity (Wildman–Crippen MR) is 102 cm³/mol. The number of rotatable bonds is 4. The fourth-order valence-corrected chi connectivity index (χ4v) is 3.75. The molecule has 0 aliphatic carbocycles. The SMILES string of the molecule is O=C(Cc1cc2c(cc1Cl)OCCO2)NC1CCCN(C(=O)c2ccco2)C1. The van der Waals surface area contributed by atoms with Crippen LogP contribution in [0.25, 0.3) is 0 Å². The molecule has 0 radical (unpaired) electrons. The molecule has 4 rings (SSSR count). The van der Waals surface area contributed by atoms with Gasteiger partial charge in [0.25, 0.3) is 5.91 Å². The number of carbonyl (C=O) groups excluding carboxylic acids is 2. The third kappa shape index (κ3) is 4.09. The van der Waals surface area contributed by atoms with E-state index in [4.69, 9.17) is 25.5 Å². The summed E-state index contributed by atoms with van der Waals surface area (Å²) in [4.78, 5) is 26.7. The lowest BCUT2D eigenvalue weighted by Crippen LogP contribution is -2.49. The number of nitrogens with zero attached hydrogens (tertiary/aromatic N) is 1. The van der Waals surface area contributed by atoms with Gasteiger partial charge in [-0.2, -0.15) is 0 Å². The minimum absolute atomic E-state index is 0.101. The van der Waals surface area contributed by atoms with Crippen LogP contribution in [0.4, 0.5) is 0 Å². The number of nitrogens with one attached hydrogen (secondary N) is 1. The van der Waals surface area contributed by atoms with Gasteiger partial charge in [-0.25, -0.2) is 0 Å². The van der Waals surface area contributed by atoms with Gasteiger partial charge in [0, 0.05) is 30.2 Å². The van der Waals surface area contributed by atoms with Gasteiger partial charge in [-0.1, -0.05) is 11.6 Å². The zero-order chi connectivity index (χ0) is 19.5. The fourth-order valence-electron chi connectivity index (χ4n) is 3.53. The number of hydrogen-bond donors (Lipinski definition) is 1. The van der Waals surface area contributed by atoms with E-state index in [1.54, 1.807) is 29.2 Å². The van der Waals surface area contributed by atoms with E-state index in [0.29, 0.717) is 54.1 Å². The molecule has 148 valence electrons. The molecule has 7 nitrogen and oxygen atoms in total. The van der Waals surface area contributed by atoms with Gasteiger partial charge < -0.3 is 24.1 Å². The van der Waals surface area contributed by atoms with Crippen molar-refractivity contribution in [1.82, 2.24) is 10.2 Å². The molecule has 8 heteroatoms. The van der Waals surface area contributed by atoms with Gasteiger partial charge in [0.2, 0.25) is 5.91 Å². The normalized spacial score (nSPS) is 18.6. The fraction of sp³-hybridized carbons (Fsp3) is 0.400. The van der Waals surface area contributed by atoms with E-state index in [2.05, 4.69) is 5.32 Å². The van der Waals surface area contributed by atoms with Gasteiger partial charge in [-0.15, -0.1) is 0 Å². The van der Waals surface area contributed by atoms with E-state index >= 15 is 0 Å². The lowest BCUT2D eigenvalue weighted by molar-refractivity contribution is -0.121. The summed E-state index contributed by atoms with van der Waals surface area (Å²) < 4.78 is 16.2. The van der Waals surface area contributed by atoms with Crippen molar-refractivity contribution in [3.63, 3.8) is 0 Å². The van der Waals surface area contributed by atoms with Crippen LogP contribution in [-0.2, 0) is 11.2 Å². The van der Waals surface area contributed by atoms with E-state index in [9.17, 15) is 9.59 Å². The zero-order valence-electron chi connectivity index (χ0n) is 15.3. The number of carbonyl (C=O) groups is 2. The van der Waals surface area contributed by atoms with Crippen LogP contribution in [0.15, 0.2) is 34.9 Å². The molecule has 2 aliphatic rings. The Balaban J connectivity index is 1.36. The quantitative estimate of drug-likeness (QED) is 0.847. The van der Waals surface area contributed by atoms with Crippen LogP contribution in [0.5, 0.6) is 11.5 Å². The number of furan rings is 1. The summed E-state index contributed by atoms with van der Waals surface area (Å²) in [5, 5.41) is 3.48. The van der Waals surface area contributed by atoms with E-state index in [-0.39, 0.29) is 24.3 Å². The van der Waals surface area contributed by atoms with Crippen LogP contribution < -0.4 is 14.8 Å². The molecule has 1 saturated heterocycles. The van der Waals surface area contributed by atoms with Crippen LogP contribution in [0, 0.1) is 0 Å². The first-order valence-corrected chi connectivity index (χ1v) is 9.68. The molecule has 1 N–H and O–H groups in total. The molecule has 1 fully saturated rings. The number of amides is 2. The Morgan fingerprint density at radius 3 is 2.75 bits per heavy atom. The average molecular weight is 405 g/mol. The molecule has 0 spiro atoms. The molecular weight excluding hydrogens is 384 g/mol. The van der Waals surface area contributed by atoms with Crippen molar-refractivity contribution >= 4 is 23.4 Å². The minimum Gasteiger partial charge on any atom is -0.486 e. The largest absolute Gasteiger partial charge is 0.486 e. The van der Waals surface area contributed by atoms with Gasteiger partial charge in [0.15, 0.2) is 17.3 Å². The van der Waals surface area contributed by atoms with Gasteiger partial charge in [-0.05, 0) is 36.6 Å². The summed E-state index contributed by atoms with van der Waals surface area (Å²) in [6, 6.07) is 6.67. The number of benzene rings is 1. The molecule has 2 amide bonds. The zero-order valence-corrected chi connectivity index (χ0v) is 16.0. The molecule has 28 heavy (non-hydrogen) atoms. The monoisotopic (exact) mass is 404 g/mol. The molecule has 1 atom stereocenters. The molecule has 1 aromatic heterocycles. The van der Waals surface area contributed by atoms with Crippen LogP contribution in [-0.4, -0.2) is 49.1 Å². The summed E-state index contributed by atoms with van der Waals surface area (Å²) in [7, 11) is 0. The van der Waals surface area contributed by atoms with Crippen molar-refractivity contribution < 1.29 is 23.5 Å². The molecule has 3 heterocycles. The maximum Gasteiger partial charge on any atom is 0.289 e. The maximum atomic E-state index is 12.5. The molecular formula is C20H21ClN2O5. The van der Waals surface area contributed by atoms with Crippen LogP contribution >= 0.6 is 11.6 Å². The lowest BCUT2D eigenvalue weighted by atomic mass is 10.0. The Labute approximate surface area is 167 Å². The second-order valence-electron chi connectivity index (χ2n) is 6.90. The number of fused-ring (bicyclic) bond motifs is 1. The highest BCUT2D eigenvalue weighted by Gasteiger charge is 2.27. The lowest BCUT2D eigenvalue weighted by Gasteiger charge is -2.32. The number of piperidine rings is 1. The maximum absolute atomic E-state index is 12.5. The Morgan fingerprint density at radius 2 is 2.00 bits per heavy atom. The predicted octanol–water partition coefficient (Wildman–Crippen LogP) is 2.67. The van der Waals surface area contributed by atoms with E-state index in [1.165, 1.54) is 6.26 Å². The summed E-state index contributed by atoms with van der Waals surface area (Å²) >= 11 is 6.29. The van der Waals surface area contributed by atoms with E-state index in [1.807, 2.05) is 0 Å². The van der Waals surface area contributed by atoms with Gasteiger partial charge in [0.05, 0.1) is 12.7 Å². The van der Waals surface area contributed by atoms with Crippen molar-refractivity contribution in [2.45, 2.75) is 25.3 Å².